The van der Waals surface area contributed by atoms with Crippen molar-refractivity contribution in [3.63, 3.8) is 0 Å². The van der Waals surface area contributed by atoms with Gasteiger partial charge in [-0.05, 0) is 12.8 Å². The molecule has 6 nitrogen and oxygen atoms in total. The second-order valence-corrected chi connectivity index (χ2v) is 6.69. The Bertz CT molecular complexity index is 504. The third-order valence-electron chi connectivity index (χ3n) is 2.78. The van der Waals surface area contributed by atoms with Crippen molar-refractivity contribution in [3.05, 3.63) is 12.4 Å². The molecule has 2 rings (SSSR count). The van der Waals surface area contributed by atoms with Crippen molar-refractivity contribution in [3.8, 4) is 0 Å². The van der Waals surface area contributed by atoms with Gasteiger partial charge < -0.3 is 10.6 Å². The van der Waals surface area contributed by atoms with Crippen LogP contribution in [0.3, 0.4) is 0 Å². The maximum atomic E-state index is 11.4. The molecule has 0 aliphatic carbocycles. The summed E-state index contributed by atoms with van der Waals surface area (Å²) in [5.41, 5.74) is 0. The van der Waals surface area contributed by atoms with Gasteiger partial charge in [0.2, 0.25) is 0 Å². The average molecular weight is 270 g/mol. The molecule has 1 fully saturated rings. The smallest absolute Gasteiger partial charge is 0.152 e. The molecule has 0 spiro atoms. The number of sulfone groups is 1. The van der Waals surface area contributed by atoms with Gasteiger partial charge >= 0.3 is 0 Å². The Kier molecular flexibility index (Phi) is 4.00. The third-order valence-corrected chi connectivity index (χ3v) is 4.54. The number of nitrogens with zero attached hydrogens (tertiary/aromatic N) is 2. The third kappa shape index (κ3) is 3.56. The molecular formula is C11H18N4O2S. The average Bonchev–Trinajstić information content (AvgIpc) is 2.66. The van der Waals surface area contributed by atoms with E-state index in [4.69, 9.17) is 0 Å². The first-order chi connectivity index (χ1) is 8.59. The Morgan fingerprint density at radius 3 is 2.83 bits per heavy atom. The minimum Gasteiger partial charge on any atom is -0.369 e. The number of nitrogens with one attached hydrogen (secondary N) is 2. The maximum absolute atomic E-state index is 11.4. The molecule has 7 heteroatoms. The number of anilines is 2. The van der Waals surface area contributed by atoms with E-state index in [-0.39, 0.29) is 17.5 Å². The summed E-state index contributed by atoms with van der Waals surface area (Å²) < 4.78 is 22.7. The van der Waals surface area contributed by atoms with Crippen LogP contribution in [0.25, 0.3) is 0 Å². The first kappa shape index (κ1) is 13.1. The Labute approximate surface area is 107 Å². The molecule has 0 amide bonds. The lowest BCUT2D eigenvalue weighted by Gasteiger charge is -2.12. The van der Waals surface area contributed by atoms with Gasteiger partial charge in [0.1, 0.15) is 11.6 Å². The Balaban J connectivity index is 1.97. The van der Waals surface area contributed by atoms with Crippen molar-refractivity contribution in [1.82, 2.24) is 9.97 Å². The highest BCUT2D eigenvalue weighted by atomic mass is 32.2. The van der Waals surface area contributed by atoms with Crippen LogP contribution in [0.15, 0.2) is 12.4 Å². The van der Waals surface area contributed by atoms with Gasteiger partial charge in [-0.25, -0.2) is 13.4 Å². The summed E-state index contributed by atoms with van der Waals surface area (Å²) in [5, 5.41) is 6.26. The zero-order chi connectivity index (χ0) is 13.0. The van der Waals surface area contributed by atoms with E-state index >= 15 is 0 Å². The predicted molar refractivity (Wildman–Crippen MR) is 71.5 cm³/mol. The molecule has 1 atom stereocenters. The van der Waals surface area contributed by atoms with E-state index in [0.29, 0.717) is 18.1 Å². The number of hydrogen-bond acceptors (Lipinski definition) is 6. The fourth-order valence-corrected chi connectivity index (χ4v) is 3.57. The van der Waals surface area contributed by atoms with Crippen LogP contribution >= 0.6 is 0 Å². The van der Waals surface area contributed by atoms with Crippen LogP contribution in [0, 0.1) is 0 Å². The maximum Gasteiger partial charge on any atom is 0.152 e. The molecule has 2 heterocycles. The van der Waals surface area contributed by atoms with E-state index in [9.17, 15) is 8.42 Å². The second-order valence-electron chi connectivity index (χ2n) is 4.46. The summed E-state index contributed by atoms with van der Waals surface area (Å²) in [7, 11) is -2.87. The van der Waals surface area contributed by atoms with Crippen LogP contribution in [-0.4, -0.2) is 42.5 Å². The highest BCUT2D eigenvalue weighted by Gasteiger charge is 2.27. The molecule has 1 aromatic heterocycles. The Morgan fingerprint density at radius 1 is 1.39 bits per heavy atom. The van der Waals surface area contributed by atoms with E-state index in [1.54, 1.807) is 12.4 Å². The zero-order valence-corrected chi connectivity index (χ0v) is 11.2. The number of hydrogen-bond donors (Lipinski definition) is 2. The van der Waals surface area contributed by atoms with E-state index in [1.807, 2.05) is 0 Å². The molecule has 1 aromatic rings. The lowest BCUT2D eigenvalue weighted by molar-refractivity contribution is 0.602. The molecule has 1 aliphatic rings. The summed E-state index contributed by atoms with van der Waals surface area (Å²) in [6.45, 7) is 2.92. The van der Waals surface area contributed by atoms with Gasteiger partial charge in [-0.15, -0.1) is 0 Å². The number of aromatic nitrogens is 2. The molecule has 100 valence electrons. The molecule has 18 heavy (non-hydrogen) atoms. The normalized spacial score (nSPS) is 21.7. The summed E-state index contributed by atoms with van der Waals surface area (Å²) in [6, 6.07) is -0.0503. The van der Waals surface area contributed by atoms with Gasteiger partial charge in [0.25, 0.3) is 0 Å². The Hall–Kier alpha value is -1.37. The molecule has 0 aromatic carbocycles. The van der Waals surface area contributed by atoms with Gasteiger partial charge in [0, 0.05) is 12.6 Å². The van der Waals surface area contributed by atoms with Crippen LogP contribution in [0.1, 0.15) is 19.8 Å². The molecule has 1 saturated heterocycles. The first-order valence-electron chi connectivity index (χ1n) is 6.12. The fourth-order valence-electron chi connectivity index (χ4n) is 1.89. The quantitative estimate of drug-likeness (QED) is 0.827. The highest BCUT2D eigenvalue weighted by Crippen LogP contribution is 2.16. The standard InChI is InChI=1S/C11H18N4O2S/c1-2-4-13-10-6-12-7-11(15-10)14-9-3-5-18(16,17)8-9/h6-7,9H,2-5,8H2,1H3,(H2,13,14,15). The largest absolute Gasteiger partial charge is 0.369 e. The minimum atomic E-state index is -2.87. The van der Waals surface area contributed by atoms with Gasteiger partial charge in [0.15, 0.2) is 9.84 Å². The van der Waals surface area contributed by atoms with E-state index in [2.05, 4.69) is 27.5 Å². The summed E-state index contributed by atoms with van der Waals surface area (Å²) in [6.07, 6.45) is 4.92. The van der Waals surface area contributed by atoms with Crippen molar-refractivity contribution < 1.29 is 8.42 Å². The van der Waals surface area contributed by atoms with E-state index in [1.165, 1.54) is 0 Å². The fraction of sp³-hybridized carbons (Fsp3) is 0.636. The molecule has 0 saturated carbocycles. The van der Waals surface area contributed by atoms with Crippen LogP contribution in [0.4, 0.5) is 11.6 Å². The van der Waals surface area contributed by atoms with Crippen molar-refractivity contribution in [2.75, 3.05) is 28.7 Å². The Morgan fingerprint density at radius 2 is 2.17 bits per heavy atom. The van der Waals surface area contributed by atoms with Gasteiger partial charge in [0.05, 0.1) is 23.9 Å². The molecule has 1 aliphatic heterocycles. The van der Waals surface area contributed by atoms with Crippen LogP contribution in [0.2, 0.25) is 0 Å². The summed E-state index contributed by atoms with van der Waals surface area (Å²) in [4.78, 5) is 8.42. The molecule has 2 N–H and O–H groups in total. The topological polar surface area (TPSA) is 84.0 Å². The summed E-state index contributed by atoms with van der Waals surface area (Å²) in [5.74, 6) is 1.77. The van der Waals surface area contributed by atoms with Crippen molar-refractivity contribution in [2.24, 2.45) is 0 Å². The highest BCUT2D eigenvalue weighted by molar-refractivity contribution is 7.91. The van der Waals surface area contributed by atoms with Crippen LogP contribution in [-0.2, 0) is 9.84 Å². The van der Waals surface area contributed by atoms with Gasteiger partial charge in [-0.3, -0.25) is 4.98 Å². The molecular weight excluding hydrogens is 252 g/mol. The minimum absolute atomic E-state index is 0.0503. The predicted octanol–water partition coefficient (Wildman–Crippen LogP) is 0.897. The SMILES string of the molecule is CCCNc1cncc(NC2CCS(=O)(=O)C2)n1. The van der Waals surface area contributed by atoms with Crippen LogP contribution in [0.5, 0.6) is 0 Å². The lowest BCUT2D eigenvalue weighted by atomic mass is 10.3. The number of rotatable bonds is 5. The van der Waals surface area contributed by atoms with Crippen molar-refractivity contribution >= 4 is 21.5 Å². The zero-order valence-electron chi connectivity index (χ0n) is 10.4. The molecule has 0 radical (unpaired) electrons. The van der Waals surface area contributed by atoms with E-state index in [0.717, 1.165) is 13.0 Å². The van der Waals surface area contributed by atoms with Crippen molar-refractivity contribution in [2.45, 2.75) is 25.8 Å². The molecule has 0 bridgehead atoms. The lowest BCUT2D eigenvalue weighted by Crippen LogP contribution is -2.21. The first-order valence-corrected chi connectivity index (χ1v) is 7.94. The monoisotopic (exact) mass is 270 g/mol. The van der Waals surface area contributed by atoms with Gasteiger partial charge in [-0.2, -0.15) is 0 Å². The second kappa shape index (κ2) is 5.51. The molecule has 1 unspecified atom stereocenters. The van der Waals surface area contributed by atoms with Gasteiger partial charge in [-0.1, -0.05) is 6.92 Å². The van der Waals surface area contributed by atoms with Crippen molar-refractivity contribution in [1.29, 1.82) is 0 Å². The summed E-state index contributed by atoms with van der Waals surface area (Å²) >= 11 is 0. The van der Waals surface area contributed by atoms with Crippen LogP contribution < -0.4 is 10.6 Å². The van der Waals surface area contributed by atoms with E-state index < -0.39 is 9.84 Å².